The second kappa shape index (κ2) is 9.06. The fourth-order valence-corrected chi connectivity index (χ4v) is 4.99. The zero-order valence-electron chi connectivity index (χ0n) is 18.0. The van der Waals surface area contributed by atoms with E-state index in [1.165, 1.54) is 23.3 Å². The molecule has 3 aromatic heterocycles. The number of tetrazole rings is 1. The van der Waals surface area contributed by atoms with Gasteiger partial charge in [0.2, 0.25) is 5.82 Å². The molecule has 10 nitrogen and oxygen atoms in total. The summed E-state index contributed by atoms with van der Waals surface area (Å²) in [4.78, 5) is 35.5. The van der Waals surface area contributed by atoms with Gasteiger partial charge in [-0.05, 0) is 53.8 Å². The fourth-order valence-electron chi connectivity index (χ4n) is 3.82. The molecule has 1 atom stereocenters. The quantitative estimate of drug-likeness (QED) is 0.387. The number of benzene rings is 1. The number of hydrogen-bond donors (Lipinski definition) is 3. The van der Waals surface area contributed by atoms with E-state index < -0.39 is 11.8 Å². The van der Waals surface area contributed by atoms with Crippen molar-refractivity contribution >= 4 is 23.2 Å². The molecule has 0 saturated carbocycles. The predicted octanol–water partition coefficient (Wildman–Crippen LogP) is 2.51. The van der Waals surface area contributed by atoms with Crippen molar-refractivity contribution in [2.45, 2.75) is 32.4 Å². The zero-order chi connectivity index (χ0) is 23.7. The summed E-state index contributed by atoms with van der Waals surface area (Å²) in [5.74, 6) is -0.629. The van der Waals surface area contributed by atoms with E-state index in [1.54, 1.807) is 30.4 Å². The Balaban J connectivity index is 1.24. The standard InChI is InChI=1S/C22H19FN8O2S/c1-11-6-12(2-3-14(11)23)9-24-21(32)16-8-17(26-10-25-16)22(33)27-15-4-5-18-13(15)7-19(34-18)20-28-30-31-29-20/h2-3,6-8,10,15H,4-5,9H2,1H3,(H,24,32)(H,27,33)(H,28,29,30,31)/t15-/m0/s1. The van der Waals surface area contributed by atoms with Crippen molar-refractivity contribution in [1.82, 2.24) is 41.2 Å². The van der Waals surface area contributed by atoms with Crippen LogP contribution in [0.1, 0.15) is 55.0 Å². The van der Waals surface area contributed by atoms with Gasteiger partial charge in [-0.1, -0.05) is 12.1 Å². The van der Waals surface area contributed by atoms with Crippen LogP contribution in [0.2, 0.25) is 0 Å². The normalized spacial score (nSPS) is 14.6. The number of amides is 2. The highest BCUT2D eigenvalue weighted by atomic mass is 32.1. The maximum Gasteiger partial charge on any atom is 0.270 e. The van der Waals surface area contributed by atoms with Crippen LogP contribution in [-0.2, 0) is 13.0 Å². The summed E-state index contributed by atoms with van der Waals surface area (Å²) in [6, 6.07) is 7.78. The molecular formula is C22H19FN8O2S. The molecule has 0 fully saturated rings. The number of rotatable bonds is 6. The maximum atomic E-state index is 13.4. The van der Waals surface area contributed by atoms with Crippen LogP contribution < -0.4 is 10.6 Å². The van der Waals surface area contributed by atoms with Gasteiger partial charge in [0.1, 0.15) is 23.5 Å². The van der Waals surface area contributed by atoms with Crippen LogP contribution >= 0.6 is 11.3 Å². The van der Waals surface area contributed by atoms with Crippen molar-refractivity contribution in [3.05, 3.63) is 75.4 Å². The number of halogens is 1. The second-order valence-electron chi connectivity index (χ2n) is 7.84. The lowest BCUT2D eigenvalue weighted by atomic mass is 10.1. The number of thiophene rings is 1. The molecule has 34 heavy (non-hydrogen) atoms. The van der Waals surface area contributed by atoms with E-state index in [9.17, 15) is 14.0 Å². The lowest BCUT2D eigenvalue weighted by Crippen LogP contribution is -2.29. The lowest BCUT2D eigenvalue weighted by molar-refractivity contribution is 0.0931. The third-order valence-electron chi connectivity index (χ3n) is 5.56. The van der Waals surface area contributed by atoms with E-state index in [4.69, 9.17) is 0 Å². The Morgan fingerprint density at radius 1 is 1.18 bits per heavy atom. The van der Waals surface area contributed by atoms with Crippen molar-refractivity contribution in [2.24, 2.45) is 0 Å². The molecular weight excluding hydrogens is 459 g/mol. The molecule has 0 spiro atoms. The second-order valence-corrected chi connectivity index (χ2v) is 8.98. The highest BCUT2D eigenvalue weighted by Crippen LogP contribution is 2.40. The van der Waals surface area contributed by atoms with Crippen LogP contribution in [-0.4, -0.2) is 42.4 Å². The smallest absolute Gasteiger partial charge is 0.270 e. The molecule has 1 aromatic carbocycles. The van der Waals surface area contributed by atoms with Gasteiger partial charge in [-0.25, -0.2) is 14.4 Å². The molecule has 0 aliphatic heterocycles. The van der Waals surface area contributed by atoms with Crippen LogP contribution in [0, 0.1) is 12.7 Å². The van der Waals surface area contributed by atoms with Crippen molar-refractivity contribution in [3.63, 3.8) is 0 Å². The first kappa shape index (κ1) is 21.8. The van der Waals surface area contributed by atoms with Gasteiger partial charge in [-0.15, -0.1) is 21.5 Å². The molecule has 4 aromatic rings. The number of H-pyrrole nitrogens is 1. The Labute approximate surface area is 197 Å². The number of hydrogen-bond acceptors (Lipinski definition) is 8. The third-order valence-corrected chi connectivity index (χ3v) is 6.76. The minimum Gasteiger partial charge on any atom is -0.347 e. The summed E-state index contributed by atoms with van der Waals surface area (Å²) in [7, 11) is 0. The van der Waals surface area contributed by atoms with Gasteiger partial charge in [-0.2, -0.15) is 5.21 Å². The molecule has 0 radical (unpaired) electrons. The number of aryl methyl sites for hydroxylation is 2. The number of nitrogens with one attached hydrogen (secondary N) is 3. The van der Waals surface area contributed by atoms with Crippen molar-refractivity contribution in [1.29, 1.82) is 0 Å². The van der Waals surface area contributed by atoms with Gasteiger partial charge >= 0.3 is 0 Å². The van der Waals surface area contributed by atoms with Gasteiger partial charge < -0.3 is 10.6 Å². The molecule has 3 N–H and O–H groups in total. The van der Waals surface area contributed by atoms with Crippen LogP contribution in [0.5, 0.6) is 0 Å². The number of carbonyl (C=O) groups is 2. The summed E-state index contributed by atoms with van der Waals surface area (Å²) in [5, 5.41) is 19.8. The summed E-state index contributed by atoms with van der Waals surface area (Å²) in [6.07, 6.45) is 2.79. The van der Waals surface area contributed by atoms with E-state index in [0.29, 0.717) is 11.4 Å². The van der Waals surface area contributed by atoms with Gasteiger partial charge in [-0.3, -0.25) is 9.59 Å². The van der Waals surface area contributed by atoms with E-state index >= 15 is 0 Å². The number of aromatic amines is 1. The van der Waals surface area contributed by atoms with E-state index in [2.05, 4.69) is 41.2 Å². The number of fused-ring (bicyclic) bond motifs is 1. The summed E-state index contributed by atoms with van der Waals surface area (Å²) in [5.41, 5.74) is 2.45. The van der Waals surface area contributed by atoms with Crippen LogP contribution in [0.15, 0.2) is 36.7 Å². The lowest BCUT2D eigenvalue weighted by Gasteiger charge is -2.13. The molecule has 0 unspecified atom stereocenters. The highest BCUT2D eigenvalue weighted by Gasteiger charge is 2.28. The van der Waals surface area contributed by atoms with Crippen molar-refractivity contribution < 1.29 is 14.0 Å². The summed E-state index contributed by atoms with van der Waals surface area (Å²) < 4.78 is 13.4. The van der Waals surface area contributed by atoms with Crippen LogP contribution in [0.3, 0.4) is 0 Å². The SMILES string of the molecule is Cc1cc(CNC(=O)c2cc(C(=O)N[C@H]3CCc4sc(-c5nn[nH]n5)cc43)ncn2)ccc1F. The highest BCUT2D eigenvalue weighted by molar-refractivity contribution is 7.15. The van der Waals surface area contributed by atoms with E-state index in [-0.39, 0.29) is 29.8 Å². The summed E-state index contributed by atoms with van der Waals surface area (Å²) in [6.45, 7) is 1.86. The topological polar surface area (TPSA) is 138 Å². The minimum atomic E-state index is -0.454. The Bertz CT molecular complexity index is 1370. The number of aromatic nitrogens is 6. The summed E-state index contributed by atoms with van der Waals surface area (Å²) >= 11 is 1.58. The minimum absolute atomic E-state index is 0.0704. The first-order valence-corrected chi connectivity index (χ1v) is 11.3. The predicted molar refractivity (Wildman–Crippen MR) is 120 cm³/mol. The zero-order valence-corrected chi connectivity index (χ0v) is 18.8. The number of nitrogens with zero attached hydrogens (tertiary/aromatic N) is 5. The van der Waals surface area contributed by atoms with Gasteiger partial charge in [0.25, 0.3) is 11.8 Å². The Morgan fingerprint density at radius 3 is 2.76 bits per heavy atom. The molecule has 1 aliphatic rings. The Morgan fingerprint density at radius 2 is 2.00 bits per heavy atom. The first-order chi connectivity index (χ1) is 16.5. The van der Waals surface area contributed by atoms with Crippen molar-refractivity contribution in [2.75, 3.05) is 0 Å². The van der Waals surface area contributed by atoms with Gasteiger partial charge in [0, 0.05) is 17.5 Å². The largest absolute Gasteiger partial charge is 0.347 e. The van der Waals surface area contributed by atoms with Crippen molar-refractivity contribution in [3.8, 4) is 10.7 Å². The molecule has 2 amide bonds. The third kappa shape index (κ3) is 4.39. The molecule has 172 valence electrons. The average Bonchev–Trinajstić information content (AvgIpc) is 3.58. The molecule has 3 heterocycles. The molecule has 0 saturated heterocycles. The maximum absolute atomic E-state index is 13.4. The molecule has 0 bridgehead atoms. The van der Waals surface area contributed by atoms with Gasteiger partial charge in [0.15, 0.2) is 0 Å². The van der Waals surface area contributed by atoms with E-state index in [0.717, 1.165) is 28.8 Å². The van der Waals surface area contributed by atoms with Crippen LogP contribution in [0.25, 0.3) is 10.7 Å². The first-order valence-electron chi connectivity index (χ1n) is 10.5. The monoisotopic (exact) mass is 478 g/mol. The van der Waals surface area contributed by atoms with Crippen LogP contribution in [0.4, 0.5) is 4.39 Å². The Kier molecular flexibility index (Phi) is 5.80. The molecule has 5 rings (SSSR count). The molecule has 12 heteroatoms. The Hall–Kier alpha value is -4.06. The van der Waals surface area contributed by atoms with E-state index in [1.807, 2.05) is 6.07 Å². The average molecular weight is 479 g/mol. The van der Waals surface area contributed by atoms with Gasteiger partial charge in [0.05, 0.1) is 10.9 Å². The molecule has 1 aliphatic carbocycles. The number of carbonyl (C=O) groups excluding carboxylic acids is 2. The fraction of sp³-hybridized carbons (Fsp3) is 0.227.